The molecule has 1 aromatic rings. The molecule has 0 aromatic carbocycles. The number of anilines is 1. The number of pyridine rings is 1. The number of aromatic nitrogens is 1. The fourth-order valence-electron chi connectivity index (χ4n) is 2.10. The summed E-state index contributed by atoms with van der Waals surface area (Å²) in [5.74, 6) is -0.320. The van der Waals surface area contributed by atoms with E-state index in [-0.39, 0.29) is 11.2 Å². The molecule has 1 aliphatic rings. The zero-order valence-electron chi connectivity index (χ0n) is 11.1. The summed E-state index contributed by atoms with van der Waals surface area (Å²) in [7, 11) is 1.67. The van der Waals surface area contributed by atoms with Crippen molar-refractivity contribution in [1.82, 2.24) is 4.98 Å². The lowest BCUT2D eigenvalue weighted by atomic mass is 10.0. The first-order valence-electron chi connectivity index (χ1n) is 6.14. The Morgan fingerprint density at radius 3 is 2.95 bits per heavy atom. The number of carboxylic acids is 1. The van der Waals surface area contributed by atoms with Crippen molar-refractivity contribution >= 4 is 11.8 Å². The summed E-state index contributed by atoms with van der Waals surface area (Å²) in [5.41, 5.74) is 0.393. The zero-order valence-corrected chi connectivity index (χ0v) is 11.1. The number of hydrogen-bond acceptors (Lipinski definition) is 5. The third-order valence-corrected chi connectivity index (χ3v) is 3.41. The standard InChI is InChI=1S/C13H18N2O4/c1-9-10(12(16)17)3-4-11(15-9)14-7-13(18-2)5-6-19-8-13/h3-4H,5-8H2,1-2H3,(H,14,15)(H,16,17). The topological polar surface area (TPSA) is 80.7 Å². The summed E-state index contributed by atoms with van der Waals surface area (Å²) in [4.78, 5) is 15.1. The van der Waals surface area contributed by atoms with E-state index in [1.807, 2.05) is 0 Å². The van der Waals surface area contributed by atoms with E-state index < -0.39 is 5.97 Å². The molecular formula is C13H18N2O4. The number of hydrogen-bond donors (Lipinski definition) is 2. The van der Waals surface area contributed by atoms with Crippen molar-refractivity contribution in [3.05, 3.63) is 23.4 Å². The molecule has 1 atom stereocenters. The second kappa shape index (κ2) is 5.54. The Kier molecular flexibility index (Phi) is 4.01. The molecule has 1 aliphatic heterocycles. The smallest absolute Gasteiger partial charge is 0.337 e. The Balaban J connectivity index is 2.03. The van der Waals surface area contributed by atoms with Crippen LogP contribution in [0.15, 0.2) is 12.1 Å². The first-order valence-corrected chi connectivity index (χ1v) is 6.14. The Morgan fingerprint density at radius 1 is 1.63 bits per heavy atom. The number of rotatable bonds is 5. The number of carbonyl (C=O) groups is 1. The average Bonchev–Trinajstić information content (AvgIpc) is 2.85. The molecule has 2 heterocycles. The van der Waals surface area contributed by atoms with Crippen LogP contribution in [0.5, 0.6) is 0 Å². The maximum absolute atomic E-state index is 10.9. The Morgan fingerprint density at radius 2 is 2.42 bits per heavy atom. The number of methoxy groups -OCH3 is 1. The molecule has 19 heavy (non-hydrogen) atoms. The number of aromatic carboxylic acids is 1. The maximum Gasteiger partial charge on any atom is 0.337 e. The maximum atomic E-state index is 10.9. The summed E-state index contributed by atoms with van der Waals surface area (Å²) in [5, 5.41) is 12.1. The molecule has 1 saturated heterocycles. The van der Waals surface area contributed by atoms with E-state index >= 15 is 0 Å². The van der Waals surface area contributed by atoms with Crippen LogP contribution in [0.4, 0.5) is 5.82 Å². The predicted octanol–water partition coefficient (Wildman–Crippen LogP) is 1.31. The third kappa shape index (κ3) is 3.02. The van der Waals surface area contributed by atoms with Gasteiger partial charge in [0.05, 0.1) is 17.9 Å². The number of nitrogens with one attached hydrogen (secondary N) is 1. The zero-order chi connectivity index (χ0) is 13.9. The third-order valence-electron chi connectivity index (χ3n) is 3.41. The van der Waals surface area contributed by atoms with Gasteiger partial charge in [0.15, 0.2) is 0 Å². The van der Waals surface area contributed by atoms with E-state index in [0.717, 1.165) is 6.42 Å². The molecule has 0 aliphatic carbocycles. The SMILES string of the molecule is COC1(CNc2ccc(C(=O)O)c(C)n2)CCOC1. The van der Waals surface area contributed by atoms with Crippen molar-refractivity contribution in [1.29, 1.82) is 0 Å². The second-order valence-electron chi connectivity index (χ2n) is 4.68. The largest absolute Gasteiger partial charge is 0.478 e. The molecule has 6 heteroatoms. The van der Waals surface area contributed by atoms with E-state index in [1.54, 1.807) is 26.2 Å². The van der Waals surface area contributed by atoms with Crippen molar-refractivity contribution < 1.29 is 19.4 Å². The van der Waals surface area contributed by atoms with Gasteiger partial charge in [-0.1, -0.05) is 0 Å². The van der Waals surface area contributed by atoms with Crippen LogP contribution in [0.1, 0.15) is 22.5 Å². The van der Waals surface area contributed by atoms with Crippen molar-refractivity contribution in [2.75, 3.05) is 32.2 Å². The lowest BCUT2D eigenvalue weighted by Crippen LogP contribution is -2.39. The van der Waals surface area contributed by atoms with Gasteiger partial charge < -0.3 is 19.9 Å². The summed E-state index contributed by atoms with van der Waals surface area (Å²) in [6.45, 7) is 3.52. The molecule has 0 radical (unpaired) electrons. The van der Waals surface area contributed by atoms with Crippen LogP contribution in [0, 0.1) is 6.92 Å². The summed E-state index contributed by atoms with van der Waals surface area (Å²) in [6.07, 6.45) is 0.836. The minimum absolute atomic E-state index is 0.219. The van der Waals surface area contributed by atoms with E-state index in [4.69, 9.17) is 14.6 Å². The molecule has 104 valence electrons. The van der Waals surface area contributed by atoms with Gasteiger partial charge in [-0.3, -0.25) is 0 Å². The van der Waals surface area contributed by atoms with Crippen molar-refractivity contribution in [3.63, 3.8) is 0 Å². The fraction of sp³-hybridized carbons (Fsp3) is 0.538. The molecule has 1 aromatic heterocycles. The van der Waals surface area contributed by atoms with Crippen molar-refractivity contribution in [3.8, 4) is 0 Å². The van der Waals surface area contributed by atoms with E-state index in [9.17, 15) is 4.79 Å². The van der Waals surface area contributed by atoms with Gasteiger partial charge in [-0.25, -0.2) is 9.78 Å². The van der Waals surface area contributed by atoms with Gasteiger partial charge in [0.1, 0.15) is 11.4 Å². The number of nitrogens with zero attached hydrogens (tertiary/aromatic N) is 1. The molecule has 6 nitrogen and oxygen atoms in total. The van der Waals surface area contributed by atoms with Crippen LogP contribution in [-0.4, -0.2) is 48.5 Å². The first kappa shape index (κ1) is 13.8. The summed E-state index contributed by atoms with van der Waals surface area (Å²) < 4.78 is 10.9. The molecule has 0 amide bonds. The van der Waals surface area contributed by atoms with Crippen LogP contribution >= 0.6 is 0 Å². The minimum Gasteiger partial charge on any atom is -0.478 e. The summed E-state index contributed by atoms with van der Waals surface area (Å²) in [6, 6.07) is 3.22. The number of aryl methyl sites for hydroxylation is 1. The van der Waals surface area contributed by atoms with E-state index in [2.05, 4.69) is 10.3 Å². The normalized spacial score (nSPS) is 22.4. The van der Waals surface area contributed by atoms with E-state index in [1.165, 1.54) is 0 Å². The molecule has 0 spiro atoms. The fourth-order valence-corrected chi connectivity index (χ4v) is 2.10. The van der Waals surface area contributed by atoms with Gasteiger partial charge in [-0.05, 0) is 19.1 Å². The van der Waals surface area contributed by atoms with Gasteiger partial charge in [0.2, 0.25) is 0 Å². The predicted molar refractivity (Wildman–Crippen MR) is 69.6 cm³/mol. The second-order valence-corrected chi connectivity index (χ2v) is 4.68. The van der Waals surface area contributed by atoms with Crippen LogP contribution in [0.2, 0.25) is 0 Å². The lowest BCUT2D eigenvalue weighted by molar-refractivity contribution is -0.00625. The Bertz CT molecular complexity index is 470. The molecule has 1 fully saturated rings. The highest BCUT2D eigenvalue weighted by atomic mass is 16.5. The molecule has 0 bridgehead atoms. The van der Waals surface area contributed by atoms with Gasteiger partial charge in [0, 0.05) is 26.7 Å². The first-order chi connectivity index (χ1) is 9.06. The number of carboxylic acid groups (broad SMARTS) is 1. The molecule has 2 rings (SSSR count). The molecule has 0 saturated carbocycles. The highest BCUT2D eigenvalue weighted by Crippen LogP contribution is 2.23. The Labute approximate surface area is 111 Å². The highest BCUT2D eigenvalue weighted by Gasteiger charge is 2.34. The van der Waals surface area contributed by atoms with E-state index in [0.29, 0.717) is 31.3 Å². The van der Waals surface area contributed by atoms with Gasteiger partial charge in [-0.2, -0.15) is 0 Å². The lowest BCUT2D eigenvalue weighted by Gasteiger charge is -2.26. The molecular weight excluding hydrogens is 248 g/mol. The Hall–Kier alpha value is -1.66. The monoisotopic (exact) mass is 266 g/mol. The van der Waals surface area contributed by atoms with Crippen LogP contribution in [0.3, 0.4) is 0 Å². The van der Waals surface area contributed by atoms with Crippen LogP contribution in [0.25, 0.3) is 0 Å². The van der Waals surface area contributed by atoms with Gasteiger partial charge in [0.25, 0.3) is 0 Å². The summed E-state index contributed by atoms with van der Waals surface area (Å²) >= 11 is 0. The highest BCUT2D eigenvalue weighted by molar-refractivity contribution is 5.89. The van der Waals surface area contributed by atoms with Crippen molar-refractivity contribution in [2.45, 2.75) is 18.9 Å². The number of ether oxygens (including phenoxy) is 2. The van der Waals surface area contributed by atoms with Gasteiger partial charge >= 0.3 is 5.97 Å². The van der Waals surface area contributed by atoms with Crippen LogP contribution in [-0.2, 0) is 9.47 Å². The molecule has 2 N–H and O–H groups in total. The molecule has 1 unspecified atom stereocenters. The van der Waals surface area contributed by atoms with Gasteiger partial charge in [-0.15, -0.1) is 0 Å². The minimum atomic E-state index is -0.964. The van der Waals surface area contributed by atoms with Crippen LogP contribution < -0.4 is 5.32 Å². The average molecular weight is 266 g/mol. The van der Waals surface area contributed by atoms with Crippen molar-refractivity contribution in [2.24, 2.45) is 0 Å². The quantitative estimate of drug-likeness (QED) is 0.836.